The number of carbonyl (C=O) groups excluding carboxylic acids is 1. The van der Waals surface area contributed by atoms with Crippen LogP contribution in [0.2, 0.25) is 0 Å². The minimum Gasteiger partial charge on any atom is -0.507 e. The van der Waals surface area contributed by atoms with Gasteiger partial charge in [-0.3, -0.25) is 4.79 Å². The third-order valence-electron chi connectivity index (χ3n) is 3.30. The molecular formula is C16H16FNO2. The maximum absolute atomic E-state index is 13.2. The Balaban J connectivity index is 2.28. The van der Waals surface area contributed by atoms with E-state index < -0.39 is 0 Å². The number of phenolic OH excluding ortho intramolecular Hbond substituents is 1. The summed E-state index contributed by atoms with van der Waals surface area (Å²) in [6.07, 6.45) is 0. The van der Waals surface area contributed by atoms with Crippen molar-refractivity contribution in [1.29, 1.82) is 0 Å². The number of amides is 1. The molecule has 20 heavy (non-hydrogen) atoms. The van der Waals surface area contributed by atoms with Crippen molar-refractivity contribution in [2.45, 2.75) is 20.8 Å². The van der Waals surface area contributed by atoms with Gasteiger partial charge in [0.2, 0.25) is 0 Å². The van der Waals surface area contributed by atoms with Gasteiger partial charge in [0.25, 0.3) is 5.91 Å². The molecule has 0 radical (unpaired) electrons. The zero-order valence-electron chi connectivity index (χ0n) is 11.6. The lowest BCUT2D eigenvalue weighted by Crippen LogP contribution is -2.13. The summed E-state index contributed by atoms with van der Waals surface area (Å²) in [5.41, 5.74) is 2.69. The number of aryl methyl sites for hydroxylation is 2. The zero-order chi connectivity index (χ0) is 14.9. The van der Waals surface area contributed by atoms with Gasteiger partial charge in [0, 0.05) is 16.8 Å². The van der Waals surface area contributed by atoms with Gasteiger partial charge in [0.1, 0.15) is 11.6 Å². The number of hydrogen-bond donors (Lipinski definition) is 2. The Labute approximate surface area is 117 Å². The summed E-state index contributed by atoms with van der Waals surface area (Å²) in [7, 11) is 0. The smallest absolute Gasteiger partial charge is 0.255 e. The van der Waals surface area contributed by atoms with Gasteiger partial charge in [-0.2, -0.15) is 0 Å². The normalized spacial score (nSPS) is 10.4. The van der Waals surface area contributed by atoms with E-state index in [1.54, 1.807) is 32.9 Å². The molecular weight excluding hydrogens is 257 g/mol. The highest BCUT2D eigenvalue weighted by Crippen LogP contribution is 2.28. The number of rotatable bonds is 2. The number of aromatic hydroxyl groups is 1. The van der Waals surface area contributed by atoms with Gasteiger partial charge < -0.3 is 10.4 Å². The summed E-state index contributed by atoms with van der Waals surface area (Å²) in [5, 5.41) is 12.6. The van der Waals surface area contributed by atoms with Crippen molar-refractivity contribution in [3.05, 3.63) is 58.4 Å². The SMILES string of the molecule is Cc1cc(C(=O)Nc2ccc(C)c(O)c2C)ccc1F. The van der Waals surface area contributed by atoms with Crippen molar-refractivity contribution in [2.24, 2.45) is 0 Å². The predicted molar refractivity (Wildman–Crippen MR) is 76.7 cm³/mol. The summed E-state index contributed by atoms with van der Waals surface area (Å²) in [6.45, 7) is 5.13. The van der Waals surface area contributed by atoms with Crippen molar-refractivity contribution < 1.29 is 14.3 Å². The molecule has 0 fully saturated rings. The van der Waals surface area contributed by atoms with Crippen molar-refractivity contribution in [3.63, 3.8) is 0 Å². The van der Waals surface area contributed by atoms with Crippen molar-refractivity contribution in [2.75, 3.05) is 5.32 Å². The summed E-state index contributed by atoms with van der Waals surface area (Å²) in [4.78, 5) is 12.1. The van der Waals surface area contributed by atoms with Crippen LogP contribution in [0, 0.1) is 26.6 Å². The molecule has 0 bridgehead atoms. The fraction of sp³-hybridized carbons (Fsp3) is 0.188. The fourth-order valence-electron chi connectivity index (χ4n) is 1.95. The summed E-state index contributed by atoms with van der Waals surface area (Å²) >= 11 is 0. The van der Waals surface area contributed by atoms with Crippen LogP contribution in [0.3, 0.4) is 0 Å². The second-order valence-corrected chi connectivity index (χ2v) is 4.82. The summed E-state index contributed by atoms with van der Waals surface area (Å²) in [5.74, 6) is -0.511. The topological polar surface area (TPSA) is 49.3 Å². The first kappa shape index (κ1) is 14.1. The molecule has 0 heterocycles. The van der Waals surface area contributed by atoms with Crippen LogP contribution in [0.4, 0.5) is 10.1 Å². The molecule has 3 nitrogen and oxygen atoms in total. The summed E-state index contributed by atoms with van der Waals surface area (Å²) < 4.78 is 13.2. The maximum atomic E-state index is 13.2. The largest absolute Gasteiger partial charge is 0.507 e. The number of hydrogen-bond acceptors (Lipinski definition) is 2. The first-order valence-corrected chi connectivity index (χ1v) is 6.27. The monoisotopic (exact) mass is 273 g/mol. The van der Waals surface area contributed by atoms with Crippen molar-refractivity contribution >= 4 is 11.6 Å². The number of carbonyl (C=O) groups is 1. The Hall–Kier alpha value is -2.36. The zero-order valence-corrected chi connectivity index (χ0v) is 11.6. The third-order valence-corrected chi connectivity index (χ3v) is 3.30. The molecule has 0 aliphatic rings. The van der Waals surface area contributed by atoms with E-state index in [-0.39, 0.29) is 17.5 Å². The van der Waals surface area contributed by atoms with Crippen LogP contribution in [0.5, 0.6) is 5.75 Å². The molecule has 0 aliphatic heterocycles. The number of anilines is 1. The lowest BCUT2D eigenvalue weighted by molar-refractivity contribution is 0.102. The van der Waals surface area contributed by atoms with E-state index in [2.05, 4.69) is 5.32 Å². The van der Waals surface area contributed by atoms with E-state index in [0.717, 1.165) is 5.56 Å². The molecule has 2 rings (SSSR count). The minimum absolute atomic E-state index is 0.165. The Bertz CT molecular complexity index is 680. The summed E-state index contributed by atoms with van der Waals surface area (Å²) in [6, 6.07) is 7.66. The first-order chi connectivity index (χ1) is 9.40. The predicted octanol–water partition coefficient (Wildman–Crippen LogP) is 3.71. The third kappa shape index (κ3) is 2.64. The molecule has 0 atom stereocenters. The molecule has 0 saturated carbocycles. The molecule has 0 unspecified atom stereocenters. The molecule has 4 heteroatoms. The van der Waals surface area contributed by atoms with Gasteiger partial charge in [0.05, 0.1) is 0 Å². The number of phenols is 1. The fourth-order valence-corrected chi connectivity index (χ4v) is 1.95. The van der Waals surface area contributed by atoms with E-state index >= 15 is 0 Å². The second kappa shape index (κ2) is 5.33. The van der Waals surface area contributed by atoms with Crippen molar-refractivity contribution in [1.82, 2.24) is 0 Å². The van der Waals surface area contributed by atoms with Gasteiger partial charge in [-0.25, -0.2) is 4.39 Å². The number of halogens is 1. The Kier molecular flexibility index (Phi) is 3.74. The van der Waals surface area contributed by atoms with Crippen LogP contribution >= 0.6 is 0 Å². The molecule has 2 aromatic rings. The van der Waals surface area contributed by atoms with Gasteiger partial charge in [0.15, 0.2) is 0 Å². The quantitative estimate of drug-likeness (QED) is 0.876. The van der Waals surface area contributed by atoms with Crippen LogP contribution in [0.15, 0.2) is 30.3 Å². The Morgan fingerprint density at radius 3 is 2.45 bits per heavy atom. The van der Waals surface area contributed by atoms with E-state index in [1.165, 1.54) is 18.2 Å². The standard InChI is InChI=1S/C16H16FNO2/c1-9-4-7-14(11(3)15(9)19)18-16(20)12-5-6-13(17)10(2)8-12/h4-8,19H,1-3H3,(H,18,20). The molecule has 0 spiro atoms. The van der Waals surface area contributed by atoms with Gasteiger partial charge in [-0.15, -0.1) is 0 Å². The lowest BCUT2D eigenvalue weighted by atomic mass is 10.1. The number of nitrogens with one attached hydrogen (secondary N) is 1. The van der Waals surface area contributed by atoms with E-state index in [0.29, 0.717) is 22.4 Å². The van der Waals surface area contributed by atoms with E-state index in [1.807, 2.05) is 0 Å². The van der Waals surface area contributed by atoms with Gasteiger partial charge >= 0.3 is 0 Å². The highest BCUT2D eigenvalue weighted by molar-refractivity contribution is 6.04. The minimum atomic E-state index is -0.342. The average Bonchev–Trinajstić information content (AvgIpc) is 2.42. The maximum Gasteiger partial charge on any atom is 0.255 e. The number of benzene rings is 2. The van der Waals surface area contributed by atoms with E-state index in [4.69, 9.17) is 0 Å². The van der Waals surface area contributed by atoms with Crippen LogP contribution in [0.1, 0.15) is 27.0 Å². The Morgan fingerprint density at radius 2 is 1.80 bits per heavy atom. The highest BCUT2D eigenvalue weighted by Gasteiger charge is 2.12. The molecule has 2 N–H and O–H groups in total. The van der Waals surface area contributed by atoms with Crippen LogP contribution in [0.25, 0.3) is 0 Å². The van der Waals surface area contributed by atoms with Crippen LogP contribution in [-0.2, 0) is 0 Å². The van der Waals surface area contributed by atoms with Crippen LogP contribution < -0.4 is 5.32 Å². The lowest BCUT2D eigenvalue weighted by Gasteiger charge is -2.11. The molecule has 2 aromatic carbocycles. The highest BCUT2D eigenvalue weighted by atomic mass is 19.1. The van der Waals surface area contributed by atoms with Crippen molar-refractivity contribution in [3.8, 4) is 5.75 Å². The molecule has 104 valence electrons. The molecule has 0 aliphatic carbocycles. The first-order valence-electron chi connectivity index (χ1n) is 6.27. The van der Waals surface area contributed by atoms with Gasteiger partial charge in [-0.1, -0.05) is 6.07 Å². The molecule has 0 saturated heterocycles. The second-order valence-electron chi connectivity index (χ2n) is 4.82. The van der Waals surface area contributed by atoms with Crippen LogP contribution in [-0.4, -0.2) is 11.0 Å². The average molecular weight is 273 g/mol. The molecule has 0 aromatic heterocycles. The van der Waals surface area contributed by atoms with E-state index in [9.17, 15) is 14.3 Å². The molecule has 1 amide bonds. The van der Waals surface area contributed by atoms with Gasteiger partial charge in [-0.05, 0) is 56.2 Å². The Morgan fingerprint density at radius 1 is 1.10 bits per heavy atom.